The monoisotopic (exact) mass is 691 g/mol. The fraction of sp³-hybridized carbons (Fsp3) is 0.105. The number of hydrogen-bond acceptors (Lipinski definition) is 8. The van der Waals surface area contributed by atoms with Gasteiger partial charge >= 0.3 is 5.97 Å². The summed E-state index contributed by atoms with van der Waals surface area (Å²) < 4.78 is 10.3. The molecule has 0 atom stereocenters. The maximum absolute atomic E-state index is 13.5. The number of thioether (sulfide) groups is 1. The summed E-state index contributed by atoms with van der Waals surface area (Å²) in [5, 5.41) is 10.7. The van der Waals surface area contributed by atoms with Gasteiger partial charge in [0.1, 0.15) is 22.0 Å². The number of carbonyl (C=O) groups is 4. The summed E-state index contributed by atoms with van der Waals surface area (Å²) in [5.74, 6) is -1.18. The SMILES string of the molecule is COC(=O)c1c(-c2ccc(C)cc2)csc1NC(=O)CSc1cccc(NC(=O)/C(=C/c2cccc(OC)c2)NC(=O)c2ccccc2)c1. The smallest absolute Gasteiger partial charge is 0.341 e. The number of ether oxygens (including phenoxy) is 2. The Balaban J connectivity index is 1.27. The zero-order valence-electron chi connectivity index (χ0n) is 26.9. The Morgan fingerprint density at radius 2 is 1.59 bits per heavy atom. The largest absolute Gasteiger partial charge is 0.497 e. The quantitative estimate of drug-likeness (QED) is 0.0698. The molecular formula is C38H33N3O6S2. The minimum atomic E-state index is -0.539. The summed E-state index contributed by atoms with van der Waals surface area (Å²) in [5.41, 5.74) is 4.47. The van der Waals surface area contributed by atoms with Gasteiger partial charge in [0.25, 0.3) is 11.8 Å². The number of hydrogen-bond donors (Lipinski definition) is 3. The fourth-order valence-corrected chi connectivity index (χ4v) is 6.44. The number of benzene rings is 4. The molecule has 0 aliphatic carbocycles. The summed E-state index contributed by atoms with van der Waals surface area (Å²) in [7, 11) is 2.85. The standard InChI is InChI=1S/C38H33N3O6S2/c1-24-15-17-26(18-16-24)31-22-49-37(34(31)38(45)47-3)41-33(42)23-48-30-14-8-12-28(21-30)39-36(44)32(20-25-9-7-13-29(19-25)46-2)40-35(43)27-10-5-4-6-11-27/h4-22H,23H2,1-3H3,(H,39,44)(H,40,43)(H,41,42)/b32-20-. The van der Waals surface area contributed by atoms with Crippen LogP contribution in [0.4, 0.5) is 10.7 Å². The van der Waals surface area contributed by atoms with E-state index in [1.807, 2.05) is 42.6 Å². The highest BCUT2D eigenvalue weighted by Crippen LogP contribution is 2.36. The van der Waals surface area contributed by atoms with Crippen LogP contribution < -0.4 is 20.7 Å². The van der Waals surface area contributed by atoms with Crippen molar-refractivity contribution < 1.29 is 28.7 Å². The van der Waals surface area contributed by atoms with E-state index in [2.05, 4.69) is 16.0 Å². The molecule has 248 valence electrons. The Morgan fingerprint density at radius 1 is 0.837 bits per heavy atom. The van der Waals surface area contributed by atoms with Gasteiger partial charge in [-0.25, -0.2) is 4.79 Å². The molecule has 0 radical (unpaired) electrons. The molecule has 0 bridgehead atoms. The zero-order chi connectivity index (χ0) is 34.8. The number of methoxy groups -OCH3 is 2. The van der Waals surface area contributed by atoms with Crippen molar-refractivity contribution in [3.63, 3.8) is 0 Å². The molecule has 1 heterocycles. The van der Waals surface area contributed by atoms with Crippen LogP contribution >= 0.6 is 23.1 Å². The van der Waals surface area contributed by atoms with Crippen LogP contribution in [0.2, 0.25) is 0 Å². The predicted octanol–water partition coefficient (Wildman–Crippen LogP) is 7.66. The highest BCUT2D eigenvalue weighted by atomic mass is 32.2. The molecule has 9 nitrogen and oxygen atoms in total. The Bertz CT molecular complexity index is 2010. The third-order valence-corrected chi connectivity index (χ3v) is 9.08. The van der Waals surface area contributed by atoms with E-state index < -0.39 is 17.8 Å². The third-order valence-electron chi connectivity index (χ3n) is 7.19. The fourth-order valence-electron chi connectivity index (χ4n) is 4.71. The summed E-state index contributed by atoms with van der Waals surface area (Å²) in [4.78, 5) is 53.0. The number of aryl methyl sites for hydroxylation is 1. The molecule has 49 heavy (non-hydrogen) atoms. The molecule has 11 heteroatoms. The topological polar surface area (TPSA) is 123 Å². The average molecular weight is 692 g/mol. The van der Waals surface area contributed by atoms with E-state index in [1.165, 1.54) is 30.2 Å². The predicted molar refractivity (Wildman–Crippen MR) is 195 cm³/mol. The summed E-state index contributed by atoms with van der Waals surface area (Å²) in [6, 6.07) is 30.5. The molecule has 0 aliphatic heterocycles. The zero-order valence-corrected chi connectivity index (χ0v) is 28.6. The number of rotatable bonds is 12. The number of nitrogens with one attached hydrogen (secondary N) is 3. The first-order chi connectivity index (χ1) is 23.7. The highest BCUT2D eigenvalue weighted by Gasteiger charge is 2.22. The van der Waals surface area contributed by atoms with Gasteiger partial charge in [0, 0.05) is 27.1 Å². The lowest BCUT2D eigenvalue weighted by molar-refractivity contribution is -0.114. The number of esters is 1. The molecule has 3 N–H and O–H groups in total. The van der Waals surface area contributed by atoms with Crippen LogP contribution in [-0.4, -0.2) is 43.7 Å². The molecule has 0 unspecified atom stereocenters. The molecule has 4 aromatic carbocycles. The van der Waals surface area contributed by atoms with Crippen LogP contribution in [0.25, 0.3) is 17.2 Å². The average Bonchev–Trinajstić information content (AvgIpc) is 3.54. The second kappa shape index (κ2) is 16.4. The van der Waals surface area contributed by atoms with E-state index in [1.54, 1.807) is 86.0 Å². The number of amides is 3. The first-order valence-electron chi connectivity index (χ1n) is 15.1. The normalized spacial score (nSPS) is 11.0. The molecule has 5 aromatic rings. The maximum Gasteiger partial charge on any atom is 0.341 e. The van der Waals surface area contributed by atoms with Gasteiger partial charge < -0.3 is 25.4 Å². The van der Waals surface area contributed by atoms with E-state index in [0.29, 0.717) is 38.7 Å². The lowest BCUT2D eigenvalue weighted by Crippen LogP contribution is -2.30. The Labute approximate surface area is 292 Å². The van der Waals surface area contributed by atoms with E-state index in [9.17, 15) is 19.2 Å². The van der Waals surface area contributed by atoms with Crippen molar-refractivity contribution >= 4 is 63.6 Å². The van der Waals surface area contributed by atoms with Gasteiger partial charge in [-0.05, 0) is 66.6 Å². The number of carbonyl (C=O) groups excluding carboxylic acids is 4. The van der Waals surface area contributed by atoms with Crippen molar-refractivity contribution in [3.8, 4) is 16.9 Å². The molecule has 0 saturated carbocycles. The van der Waals surface area contributed by atoms with E-state index in [0.717, 1.165) is 16.0 Å². The second-order valence-electron chi connectivity index (χ2n) is 10.7. The molecule has 0 aliphatic rings. The van der Waals surface area contributed by atoms with Crippen LogP contribution in [0.5, 0.6) is 5.75 Å². The van der Waals surface area contributed by atoms with Gasteiger partial charge in [0.05, 0.1) is 20.0 Å². The van der Waals surface area contributed by atoms with Crippen molar-refractivity contribution in [1.82, 2.24) is 5.32 Å². The van der Waals surface area contributed by atoms with Crippen LogP contribution in [0.15, 0.2) is 119 Å². The van der Waals surface area contributed by atoms with Gasteiger partial charge in [0.15, 0.2) is 0 Å². The van der Waals surface area contributed by atoms with E-state index in [-0.39, 0.29) is 17.4 Å². The third kappa shape index (κ3) is 9.25. The molecule has 1 aromatic heterocycles. The lowest BCUT2D eigenvalue weighted by Gasteiger charge is -2.12. The molecule has 0 fully saturated rings. The van der Waals surface area contributed by atoms with Gasteiger partial charge in [-0.15, -0.1) is 23.1 Å². The summed E-state index contributed by atoms with van der Waals surface area (Å²) >= 11 is 2.52. The minimum absolute atomic E-state index is 0.0295. The van der Waals surface area contributed by atoms with Gasteiger partial charge in [-0.1, -0.05) is 66.2 Å². The Morgan fingerprint density at radius 3 is 2.33 bits per heavy atom. The van der Waals surface area contributed by atoms with Crippen molar-refractivity contribution in [3.05, 3.63) is 136 Å². The van der Waals surface area contributed by atoms with Crippen molar-refractivity contribution in [1.29, 1.82) is 0 Å². The van der Waals surface area contributed by atoms with Crippen molar-refractivity contribution in [2.24, 2.45) is 0 Å². The Kier molecular flexibility index (Phi) is 11.6. The van der Waals surface area contributed by atoms with Crippen LogP contribution in [0, 0.1) is 6.92 Å². The summed E-state index contributed by atoms with van der Waals surface area (Å²) in [6.07, 6.45) is 1.57. The minimum Gasteiger partial charge on any atom is -0.497 e. The van der Waals surface area contributed by atoms with Crippen LogP contribution in [0.3, 0.4) is 0 Å². The first kappa shape index (κ1) is 34.7. The van der Waals surface area contributed by atoms with Crippen molar-refractivity contribution in [2.75, 3.05) is 30.6 Å². The maximum atomic E-state index is 13.5. The molecular weight excluding hydrogens is 659 g/mol. The lowest BCUT2D eigenvalue weighted by atomic mass is 10.0. The van der Waals surface area contributed by atoms with Crippen molar-refractivity contribution in [2.45, 2.75) is 11.8 Å². The van der Waals surface area contributed by atoms with Gasteiger partial charge in [-0.3, -0.25) is 14.4 Å². The molecule has 5 rings (SSSR count). The van der Waals surface area contributed by atoms with E-state index in [4.69, 9.17) is 9.47 Å². The summed E-state index contributed by atoms with van der Waals surface area (Å²) in [6.45, 7) is 1.98. The van der Waals surface area contributed by atoms with Crippen LogP contribution in [-0.2, 0) is 14.3 Å². The second-order valence-corrected chi connectivity index (χ2v) is 12.6. The molecule has 3 amide bonds. The van der Waals surface area contributed by atoms with Gasteiger partial charge in [0.2, 0.25) is 5.91 Å². The Hall–Kier alpha value is -5.65. The highest BCUT2D eigenvalue weighted by molar-refractivity contribution is 8.00. The van der Waals surface area contributed by atoms with E-state index >= 15 is 0 Å². The molecule has 0 spiro atoms. The number of thiophene rings is 1. The van der Waals surface area contributed by atoms with Crippen LogP contribution in [0.1, 0.15) is 31.8 Å². The van der Waals surface area contributed by atoms with Gasteiger partial charge in [-0.2, -0.15) is 0 Å². The molecule has 0 saturated heterocycles. The first-order valence-corrected chi connectivity index (χ1v) is 16.9. The number of anilines is 2.